The first-order chi connectivity index (χ1) is 6.09. The molecule has 0 aromatic rings. The van der Waals surface area contributed by atoms with E-state index in [-0.39, 0.29) is 15.9 Å². The molecule has 13 heavy (non-hydrogen) atoms. The van der Waals surface area contributed by atoms with Crippen LogP contribution in [0.15, 0.2) is 27.1 Å². The summed E-state index contributed by atoms with van der Waals surface area (Å²) in [6.45, 7) is 0. The molecule has 1 heterocycles. The predicted octanol–water partition coefficient (Wildman–Crippen LogP) is 1.96. The van der Waals surface area contributed by atoms with Crippen LogP contribution in [0.3, 0.4) is 0 Å². The molecule has 2 amide bonds. The number of carbonyl (C=O) groups is 1. The molecule has 1 unspecified atom stereocenters. The number of nitrogens with zero attached hydrogens (tertiary/aromatic N) is 1. The van der Waals surface area contributed by atoms with E-state index in [4.69, 9.17) is 0 Å². The maximum atomic E-state index is 13.0. The van der Waals surface area contributed by atoms with Crippen molar-refractivity contribution in [3.63, 3.8) is 0 Å². The van der Waals surface area contributed by atoms with Crippen LogP contribution in [0.4, 0.5) is 13.6 Å². The highest BCUT2D eigenvalue weighted by Gasteiger charge is 2.32. The highest BCUT2D eigenvalue weighted by molar-refractivity contribution is 9.11. The number of allylic oxidation sites excluding steroid dienone is 3. The van der Waals surface area contributed by atoms with Gasteiger partial charge >= 0.3 is 6.03 Å². The molecule has 1 N–H and O–H groups in total. The monoisotopic (exact) mass is 248 g/mol. The number of nitrogens with one attached hydrogen (secondary N) is 1. The van der Waals surface area contributed by atoms with Gasteiger partial charge in [-0.15, -0.1) is 0 Å². The average Bonchev–Trinajstić information content (AvgIpc) is 2.42. The number of hydrogen-bond donors (Lipinski definition) is 1. The summed E-state index contributed by atoms with van der Waals surface area (Å²) in [5, 5.41) is 2.30. The van der Waals surface area contributed by atoms with Gasteiger partial charge in [-0.25, -0.2) is 13.6 Å². The largest absolute Gasteiger partial charge is 0.346 e. The number of urea groups is 1. The molecule has 1 aliphatic heterocycles. The predicted molar refractivity (Wildman–Crippen MR) is 46.0 cm³/mol. The van der Waals surface area contributed by atoms with E-state index in [9.17, 15) is 13.6 Å². The summed E-state index contributed by atoms with van der Waals surface area (Å²) < 4.78 is 25.7. The number of hydrogen-bond acceptors (Lipinski definition) is 1. The van der Waals surface area contributed by atoms with E-state index in [0.29, 0.717) is 0 Å². The zero-order valence-corrected chi connectivity index (χ0v) is 7.73. The fourth-order valence-electron chi connectivity index (χ4n) is 1.10. The molecule has 0 spiro atoms. The summed E-state index contributed by atoms with van der Waals surface area (Å²) in [4.78, 5) is 14.2. The lowest BCUT2D eigenvalue weighted by Crippen LogP contribution is -2.22. The maximum absolute atomic E-state index is 13.0. The minimum Gasteiger partial charge on any atom is -0.303 e. The quantitative estimate of drug-likeness (QED) is 0.700. The Morgan fingerprint density at radius 2 is 2.31 bits per heavy atom. The second-order valence-corrected chi connectivity index (χ2v) is 3.40. The van der Waals surface area contributed by atoms with Crippen LogP contribution >= 0.6 is 15.9 Å². The molecular formula is C7H3BrF2N2O. The standard InChI is InChI=1S/C7H3BrF2N2O/c8-4-5(10)2(9)1-3-6(4)12-7(13)11-3/h1,5H,(H,12,13). The lowest BCUT2D eigenvalue weighted by molar-refractivity contribution is 0.253. The van der Waals surface area contributed by atoms with Crippen molar-refractivity contribution in [1.82, 2.24) is 5.32 Å². The van der Waals surface area contributed by atoms with E-state index in [2.05, 4.69) is 26.2 Å². The first-order valence-electron chi connectivity index (χ1n) is 3.40. The van der Waals surface area contributed by atoms with Crippen molar-refractivity contribution in [2.75, 3.05) is 0 Å². The minimum atomic E-state index is -1.84. The molecular weight excluding hydrogens is 246 g/mol. The second kappa shape index (κ2) is 2.73. The smallest absolute Gasteiger partial charge is 0.303 e. The summed E-state index contributed by atoms with van der Waals surface area (Å²) >= 11 is 2.86. The van der Waals surface area contributed by atoms with Crippen molar-refractivity contribution in [1.29, 1.82) is 0 Å². The molecule has 1 atom stereocenters. The number of aliphatic imine (C=N–C) groups is 1. The summed E-state index contributed by atoms with van der Waals surface area (Å²) in [6, 6.07) is -0.611. The summed E-state index contributed by atoms with van der Waals surface area (Å²) in [6.07, 6.45) is -0.935. The molecule has 0 aromatic heterocycles. The van der Waals surface area contributed by atoms with Crippen molar-refractivity contribution < 1.29 is 13.6 Å². The van der Waals surface area contributed by atoms with Crippen LogP contribution in [0.5, 0.6) is 0 Å². The van der Waals surface area contributed by atoms with Crippen LogP contribution in [0, 0.1) is 0 Å². The Hall–Kier alpha value is -1.04. The van der Waals surface area contributed by atoms with Gasteiger partial charge in [0.25, 0.3) is 0 Å². The molecule has 0 aromatic carbocycles. The Morgan fingerprint density at radius 1 is 1.62 bits per heavy atom. The van der Waals surface area contributed by atoms with Crippen molar-refractivity contribution in [3.8, 4) is 0 Å². The molecule has 0 radical (unpaired) electrons. The molecule has 1 aliphatic carbocycles. The third-order valence-corrected chi connectivity index (χ3v) is 2.49. The molecule has 0 saturated carbocycles. The van der Waals surface area contributed by atoms with Gasteiger partial charge in [0.15, 0.2) is 6.17 Å². The van der Waals surface area contributed by atoms with Crippen molar-refractivity contribution in [3.05, 3.63) is 22.1 Å². The van der Waals surface area contributed by atoms with E-state index in [1.807, 2.05) is 0 Å². The molecule has 0 fully saturated rings. The molecule has 68 valence electrons. The normalized spacial score (nSPS) is 26.7. The third kappa shape index (κ3) is 1.21. The van der Waals surface area contributed by atoms with Gasteiger partial charge in [-0.05, 0) is 15.9 Å². The fourth-order valence-corrected chi connectivity index (χ4v) is 1.62. The summed E-state index contributed by atoms with van der Waals surface area (Å²) in [7, 11) is 0. The van der Waals surface area contributed by atoms with E-state index in [0.717, 1.165) is 6.08 Å². The van der Waals surface area contributed by atoms with Gasteiger partial charge in [-0.2, -0.15) is 4.99 Å². The molecule has 3 nitrogen and oxygen atoms in total. The maximum Gasteiger partial charge on any atom is 0.346 e. The van der Waals surface area contributed by atoms with Gasteiger partial charge in [0.1, 0.15) is 5.83 Å². The highest BCUT2D eigenvalue weighted by Crippen LogP contribution is 2.31. The molecule has 6 heteroatoms. The third-order valence-electron chi connectivity index (χ3n) is 1.69. The van der Waals surface area contributed by atoms with Gasteiger partial charge in [-0.1, -0.05) is 0 Å². The fraction of sp³-hybridized carbons (Fsp3) is 0.143. The van der Waals surface area contributed by atoms with Gasteiger partial charge in [0.05, 0.1) is 15.9 Å². The molecule has 0 saturated heterocycles. The van der Waals surface area contributed by atoms with Crippen molar-refractivity contribution in [2.24, 2.45) is 4.99 Å². The minimum absolute atomic E-state index is 0.0305. The summed E-state index contributed by atoms with van der Waals surface area (Å²) in [5.41, 5.74) is 0.335. The lowest BCUT2D eigenvalue weighted by Gasteiger charge is -2.13. The Morgan fingerprint density at radius 3 is 3.00 bits per heavy atom. The Bertz CT molecular complexity index is 386. The summed E-state index contributed by atoms with van der Waals surface area (Å²) in [5.74, 6) is -0.953. The van der Waals surface area contributed by atoms with Crippen LogP contribution in [-0.2, 0) is 0 Å². The number of alkyl halides is 1. The van der Waals surface area contributed by atoms with E-state index < -0.39 is 18.0 Å². The van der Waals surface area contributed by atoms with E-state index in [1.165, 1.54) is 0 Å². The first kappa shape index (κ1) is 8.55. The molecule has 2 aliphatic rings. The zero-order valence-electron chi connectivity index (χ0n) is 6.14. The van der Waals surface area contributed by atoms with E-state index >= 15 is 0 Å². The first-order valence-corrected chi connectivity index (χ1v) is 4.20. The van der Waals surface area contributed by atoms with Crippen LogP contribution in [-0.4, -0.2) is 17.9 Å². The Kier molecular flexibility index (Phi) is 1.80. The Balaban J connectivity index is 2.52. The van der Waals surface area contributed by atoms with Gasteiger partial charge in [0.2, 0.25) is 0 Å². The topological polar surface area (TPSA) is 41.5 Å². The number of fused-ring (bicyclic) bond motifs is 1. The highest BCUT2D eigenvalue weighted by atomic mass is 79.9. The van der Waals surface area contributed by atoms with Crippen LogP contribution in [0.2, 0.25) is 0 Å². The Labute approximate surface area is 80.3 Å². The van der Waals surface area contributed by atoms with Crippen LogP contribution in [0.25, 0.3) is 0 Å². The molecule has 0 bridgehead atoms. The van der Waals surface area contributed by atoms with Gasteiger partial charge < -0.3 is 5.32 Å². The number of rotatable bonds is 0. The van der Waals surface area contributed by atoms with Crippen molar-refractivity contribution in [2.45, 2.75) is 6.17 Å². The van der Waals surface area contributed by atoms with E-state index in [1.54, 1.807) is 0 Å². The van der Waals surface area contributed by atoms with Crippen LogP contribution < -0.4 is 5.32 Å². The van der Waals surface area contributed by atoms with Gasteiger partial charge in [-0.3, -0.25) is 0 Å². The SMILES string of the molecule is O=C1N=C2C=C(F)C(F)C(Br)=C2N1. The lowest BCUT2D eigenvalue weighted by atomic mass is 10.1. The average molecular weight is 249 g/mol. The zero-order chi connectivity index (χ0) is 9.59. The second-order valence-electron chi connectivity index (χ2n) is 2.54. The number of amides is 2. The van der Waals surface area contributed by atoms with Gasteiger partial charge in [0, 0.05) is 6.08 Å². The van der Waals surface area contributed by atoms with Crippen molar-refractivity contribution >= 4 is 27.7 Å². The number of carbonyl (C=O) groups excluding carboxylic acids is 1. The molecule has 2 rings (SSSR count). The number of halogens is 3. The van der Waals surface area contributed by atoms with Crippen LogP contribution in [0.1, 0.15) is 0 Å².